The van der Waals surface area contributed by atoms with Crippen LogP contribution in [0.5, 0.6) is 0 Å². The molecule has 2 N–H and O–H groups in total. The molecule has 0 aromatic carbocycles. The summed E-state index contributed by atoms with van der Waals surface area (Å²) in [6.07, 6.45) is 9.57. The van der Waals surface area contributed by atoms with Crippen molar-refractivity contribution in [3.8, 4) is 28.3 Å². The van der Waals surface area contributed by atoms with Gasteiger partial charge in [0.1, 0.15) is 11.9 Å². The molecule has 11 heteroatoms. The number of hydrogen-bond acceptors (Lipinski definition) is 7. The van der Waals surface area contributed by atoms with Crippen LogP contribution in [0, 0.1) is 11.3 Å². The zero-order valence-electron chi connectivity index (χ0n) is 20.9. The van der Waals surface area contributed by atoms with E-state index in [0.29, 0.717) is 38.2 Å². The van der Waals surface area contributed by atoms with E-state index in [1.165, 1.54) is 0 Å². The van der Waals surface area contributed by atoms with Gasteiger partial charge >= 0.3 is 6.03 Å². The number of anilines is 1. The molecule has 4 aromatic heterocycles. The molecule has 37 heavy (non-hydrogen) atoms. The van der Waals surface area contributed by atoms with Gasteiger partial charge in [-0.1, -0.05) is 0 Å². The number of urea groups is 1. The van der Waals surface area contributed by atoms with Gasteiger partial charge in [-0.05, 0) is 31.5 Å². The molecule has 0 aliphatic carbocycles. The highest BCUT2D eigenvalue weighted by atomic mass is 16.3. The normalized spacial score (nSPS) is 14.5. The number of nitrogens with one attached hydrogen (secondary N) is 1. The van der Waals surface area contributed by atoms with Gasteiger partial charge in [-0.2, -0.15) is 15.5 Å². The van der Waals surface area contributed by atoms with Crippen LogP contribution in [0.2, 0.25) is 0 Å². The van der Waals surface area contributed by atoms with E-state index in [-0.39, 0.29) is 18.7 Å². The number of amides is 2. The first-order chi connectivity index (χ1) is 18.0. The topological polar surface area (TPSA) is 128 Å². The monoisotopic (exact) mass is 499 g/mol. The number of hydrogen-bond donors (Lipinski definition) is 2. The van der Waals surface area contributed by atoms with Crippen molar-refractivity contribution in [3.05, 3.63) is 54.7 Å². The molecular formula is C26H29N9O2. The first kappa shape index (κ1) is 24.3. The zero-order valence-corrected chi connectivity index (χ0v) is 20.9. The van der Waals surface area contributed by atoms with Crippen LogP contribution in [0.1, 0.15) is 18.9 Å². The number of aliphatic hydroxyl groups is 1. The van der Waals surface area contributed by atoms with Crippen molar-refractivity contribution in [1.82, 2.24) is 34.6 Å². The van der Waals surface area contributed by atoms with E-state index in [1.807, 2.05) is 50.8 Å². The lowest BCUT2D eigenvalue weighted by Gasteiger charge is -2.36. The third-order valence-corrected chi connectivity index (χ3v) is 6.65. The van der Waals surface area contributed by atoms with Crippen molar-refractivity contribution in [3.63, 3.8) is 0 Å². The molecule has 1 aliphatic rings. The van der Waals surface area contributed by atoms with Gasteiger partial charge in [0.25, 0.3) is 0 Å². The molecule has 11 nitrogen and oxygen atoms in total. The summed E-state index contributed by atoms with van der Waals surface area (Å²) in [6.45, 7) is 4.48. The number of aliphatic hydroxyl groups excluding tert-OH is 1. The number of carbonyl (C=O) groups excluding carboxylic acids is 1. The van der Waals surface area contributed by atoms with Gasteiger partial charge < -0.3 is 20.2 Å². The van der Waals surface area contributed by atoms with Crippen LogP contribution in [-0.2, 0) is 7.05 Å². The van der Waals surface area contributed by atoms with Crippen molar-refractivity contribution in [2.75, 3.05) is 37.7 Å². The lowest BCUT2D eigenvalue weighted by atomic mass is 10.0. The summed E-state index contributed by atoms with van der Waals surface area (Å²) in [5.41, 5.74) is 4.88. The second-order valence-corrected chi connectivity index (χ2v) is 9.25. The van der Waals surface area contributed by atoms with Crippen molar-refractivity contribution < 1.29 is 9.90 Å². The molecule has 1 fully saturated rings. The smallest absolute Gasteiger partial charge is 0.317 e. The van der Waals surface area contributed by atoms with Crippen LogP contribution in [-0.4, -0.2) is 79.2 Å². The molecule has 0 unspecified atom stereocenters. The summed E-state index contributed by atoms with van der Waals surface area (Å²) in [5, 5.41) is 30.3. The molecule has 2 amide bonds. The Morgan fingerprint density at radius 1 is 1.11 bits per heavy atom. The first-order valence-corrected chi connectivity index (χ1v) is 12.2. The second-order valence-electron chi connectivity index (χ2n) is 9.25. The van der Waals surface area contributed by atoms with Gasteiger partial charge in [-0.25, -0.2) is 14.3 Å². The third-order valence-electron chi connectivity index (χ3n) is 6.65. The van der Waals surface area contributed by atoms with E-state index in [9.17, 15) is 10.1 Å². The van der Waals surface area contributed by atoms with Crippen LogP contribution in [0.15, 0.2) is 49.2 Å². The molecule has 1 aliphatic heterocycles. The van der Waals surface area contributed by atoms with E-state index in [2.05, 4.69) is 26.5 Å². The van der Waals surface area contributed by atoms with Crippen LogP contribution >= 0.6 is 0 Å². The van der Waals surface area contributed by atoms with Crippen molar-refractivity contribution >= 4 is 17.4 Å². The summed E-state index contributed by atoms with van der Waals surface area (Å²) in [6, 6.07) is 8.10. The van der Waals surface area contributed by atoms with Gasteiger partial charge in [-0.15, -0.1) is 0 Å². The van der Waals surface area contributed by atoms with E-state index < -0.39 is 0 Å². The lowest BCUT2D eigenvalue weighted by molar-refractivity contribution is 0.187. The van der Waals surface area contributed by atoms with Crippen LogP contribution < -0.4 is 10.2 Å². The highest BCUT2D eigenvalue weighted by molar-refractivity contribution is 5.87. The number of fused-ring (bicyclic) bond motifs is 1. The number of aryl methyl sites for hydroxylation is 1. The second kappa shape index (κ2) is 10.3. The predicted octanol–water partition coefficient (Wildman–Crippen LogP) is 2.27. The molecule has 0 bridgehead atoms. The number of piperazine rings is 1. The molecule has 5 rings (SSSR count). The zero-order chi connectivity index (χ0) is 25.9. The number of pyridine rings is 2. The van der Waals surface area contributed by atoms with Crippen molar-refractivity contribution in [2.45, 2.75) is 19.4 Å². The minimum Gasteiger partial charge on any atom is -0.396 e. The van der Waals surface area contributed by atoms with Gasteiger partial charge in [0.2, 0.25) is 0 Å². The third kappa shape index (κ3) is 4.96. The molecule has 0 spiro atoms. The van der Waals surface area contributed by atoms with E-state index in [1.54, 1.807) is 26.5 Å². The fourth-order valence-corrected chi connectivity index (χ4v) is 4.59. The highest BCUT2D eigenvalue weighted by Gasteiger charge is 2.23. The fraction of sp³-hybridized carbons (Fsp3) is 0.346. The summed E-state index contributed by atoms with van der Waals surface area (Å²) in [4.78, 5) is 21.1. The Morgan fingerprint density at radius 3 is 2.57 bits per heavy atom. The van der Waals surface area contributed by atoms with Gasteiger partial charge in [0.05, 0.1) is 23.5 Å². The maximum atomic E-state index is 12.5. The summed E-state index contributed by atoms with van der Waals surface area (Å²) >= 11 is 0. The maximum absolute atomic E-state index is 12.5. The summed E-state index contributed by atoms with van der Waals surface area (Å²) in [5.74, 6) is 0.839. The average molecular weight is 500 g/mol. The number of aromatic nitrogens is 5. The highest BCUT2D eigenvalue weighted by Crippen LogP contribution is 2.32. The Morgan fingerprint density at radius 2 is 1.92 bits per heavy atom. The van der Waals surface area contributed by atoms with E-state index in [0.717, 1.165) is 33.6 Å². The Balaban J connectivity index is 1.36. The first-order valence-electron chi connectivity index (χ1n) is 12.2. The van der Waals surface area contributed by atoms with Gasteiger partial charge in [-0.3, -0.25) is 4.68 Å². The largest absolute Gasteiger partial charge is 0.396 e. The molecular weight excluding hydrogens is 470 g/mol. The molecule has 190 valence electrons. The maximum Gasteiger partial charge on any atom is 0.317 e. The number of nitriles is 1. The molecule has 0 saturated carbocycles. The number of rotatable bonds is 6. The Labute approximate surface area is 214 Å². The Bertz CT molecular complexity index is 1440. The number of nitrogens with zero attached hydrogens (tertiary/aromatic N) is 8. The Kier molecular flexibility index (Phi) is 6.74. The molecule has 1 atom stereocenters. The standard InChI is InChI=1S/C26H29N9O2/c1-18(5-10-36)31-26(37)34-8-6-33(7-9-34)24-4-3-19(13-28-24)23-11-20(22-15-29-32(2)16-22)17-35-25(23)21(12-27)14-30-35/h3-4,11,13-18,36H,5-10H2,1-2H3,(H,31,37)/t18-/m0/s1. The van der Waals surface area contributed by atoms with Crippen LogP contribution in [0.25, 0.3) is 27.8 Å². The van der Waals surface area contributed by atoms with Gasteiger partial charge in [0, 0.05) is 86.7 Å². The molecule has 1 saturated heterocycles. The van der Waals surface area contributed by atoms with Crippen LogP contribution in [0.3, 0.4) is 0 Å². The summed E-state index contributed by atoms with van der Waals surface area (Å²) < 4.78 is 3.48. The number of carbonyl (C=O) groups is 1. The Hall–Kier alpha value is -4.43. The van der Waals surface area contributed by atoms with Crippen molar-refractivity contribution in [2.24, 2.45) is 7.05 Å². The SMILES string of the molecule is C[C@@H](CCO)NC(=O)N1CCN(c2ccc(-c3cc(-c4cnn(C)c4)cn4ncc(C#N)c34)cn2)CC1. The average Bonchev–Trinajstić information content (AvgIpc) is 3.54. The fourth-order valence-electron chi connectivity index (χ4n) is 4.59. The molecule has 5 heterocycles. The lowest BCUT2D eigenvalue weighted by Crippen LogP contribution is -2.53. The van der Waals surface area contributed by atoms with Crippen LogP contribution in [0.4, 0.5) is 10.6 Å². The minimum atomic E-state index is -0.101. The quantitative estimate of drug-likeness (QED) is 0.417. The van der Waals surface area contributed by atoms with E-state index >= 15 is 0 Å². The van der Waals surface area contributed by atoms with Crippen molar-refractivity contribution in [1.29, 1.82) is 5.26 Å². The summed E-state index contributed by atoms with van der Waals surface area (Å²) in [7, 11) is 1.87. The molecule has 4 aromatic rings. The molecule has 0 radical (unpaired) electrons. The van der Waals surface area contributed by atoms with Gasteiger partial charge in [0.15, 0.2) is 0 Å². The minimum absolute atomic E-state index is 0.0506. The predicted molar refractivity (Wildman–Crippen MR) is 139 cm³/mol. The van der Waals surface area contributed by atoms with E-state index in [4.69, 9.17) is 10.1 Å².